The van der Waals surface area contributed by atoms with Gasteiger partial charge in [0.05, 0.1) is 18.4 Å². The molecule has 46 heavy (non-hydrogen) atoms. The lowest BCUT2D eigenvalue weighted by Crippen LogP contribution is -2.30. The van der Waals surface area contributed by atoms with Crippen molar-refractivity contribution in [1.29, 1.82) is 0 Å². The number of pyridine rings is 1. The number of hydrogen-bond acceptors (Lipinski definition) is 6. The molecule has 0 spiro atoms. The van der Waals surface area contributed by atoms with Gasteiger partial charge in [-0.2, -0.15) is 0 Å². The Morgan fingerprint density at radius 1 is 1.02 bits per heavy atom. The lowest BCUT2D eigenvalue weighted by molar-refractivity contribution is 0.0231. The molecule has 0 saturated heterocycles. The van der Waals surface area contributed by atoms with Crippen LogP contribution >= 0.6 is 0 Å². The van der Waals surface area contributed by atoms with Gasteiger partial charge in [0.2, 0.25) is 0 Å². The first-order chi connectivity index (χ1) is 21.7. The number of amides is 1. The Kier molecular flexibility index (Phi) is 23.0. The van der Waals surface area contributed by atoms with Crippen LogP contribution in [0.4, 0.5) is 5.69 Å². The summed E-state index contributed by atoms with van der Waals surface area (Å²) in [6.07, 6.45) is 8.02. The van der Waals surface area contributed by atoms with Crippen LogP contribution in [0.5, 0.6) is 5.75 Å². The SMILES string of the molecule is C=C(C)/C=C(\N)C(=C)C.CC.CC.CC(C)OCCC(C)(C)Oc1ccc(C(=O)Nc2ccc3nc(C=O)cn3c2)cc1.CCC. The summed E-state index contributed by atoms with van der Waals surface area (Å²) >= 11 is 0. The largest absolute Gasteiger partial charge is 0.488 e. The second kappa shape index (κ2) is 24.1. The number of anilines is 1. The van der Waals surface area contributed by atoms with Gasteiger partial charge < -0.3 is 24.9 Å². The van der Waals surface area contributed by atoms with Gasteiger partial charge >= 0.3 is 0 Å². The number of benzene rings is 1. The van der Waals surface area contributed by atoms with Crippen LogP contribution in [-0.4, -0.2) is 39.9 Å². The lowest BCUT2D eigenvalue weighted by Gasteiger charge is -2.27. The highest BCUT2D eigenvalue weighted by atomic mass is 16.5. The maximum Gasteiger partial charge on any atom is 0.255 e. The van der Waals surface area contributed by atoms with E-state index in [0.29, 0.717) is 46.9 Å². The highest BCUT2D eigenvalue weighted by Gasteiger charge is 2.20. The van der Waals surface area contributed by atoms with Crippen LogP contribution < -0.4 is 15.8 Å². The smallest absolute Gasteiger partial charge is 0.255 e. The molecule has 1 amide bonds. The Labute approximate surface area is 278 Å². The van der Waals surface area contributed by atoms with Crippen LogP contribution in [0.3, 0.4) is 0 Å². The maximum absolute atomic E-state index is 12.6. The Hall–Kier alpha value is -4.17. The quantitative estimate of drug-likeness (QED) is 0.160. The topological polar surface area (TPSA) is 108 Å². The van der Waals surface area contributed by atoms with E-state index in [2.05, 4.69) is 37.3 Å². The number of imidazole rings is 1. The molecule has 1 aromatic carbocycles. The fraction of sp³-hybridized carbons (Fsp3) is 0.447. The van der Waals surface area contributed by atoms with Crippen LogP contribution in [0, 0.1) is 0 Å². The van der Waals surface area contributed by atoms with Crippen molar-refractivity contribution < 1.29 is 19.1 Å². The van der Waals surface area contributed by atoms with Crippen molar-refractivity contribution in [3.63, 3.8) is 0 Å². The third-order valence-corrected chi connectivity index (χ3v) is 5.41. The molecular weight excluding hydrogens is 576 g/mol. The van der Waals surface area contributed by atoms with E-state index in [1.165, 1.54) is 6.42 Å². The average Bonchev–Trinajstić information content (AvgIpc) is 3.42. The van der Waals surface area contributed by atoms with Crippen LogP contribution in [0.1, 0.15) is 117 Å². The summed E-state index contributed by atoms with van der Waals surface area (Å²) in [5, 5.41) is 2.85. The summed E-state index contributed by atoms with van der Waals surface area (Å²) in [5.74, 6) is 0.462. The van der Waals surface area contributed by atoms with Gasteiger partial charge in [-0.25, -0.2) is 4.98 Å². The van der Waals surface area contributed by atoms with E-state index in [4.69, 9.17) is 15.2 Å². The molecule has 8 nitrogen and oxygen atoms in total. The van der Waals surface area contributed by atoms with E-state index in [9.17, 15) is 9.59 Å². The minimum atomic E-state index is -0.376. The highest BCUT2D eigenvalue weighted by molar-refractivity contribution is 6.04. The first-order valence-corrected chi connectivity index (χ1v) is 16.2. The molecule has 0 unspecified atom stereocenters. The zero-order valence-electron chi connectivity index (χ0n) is 30.5. The molecular formula is C38H60N4O4. The number of nitrogens with two attached hydrogens (primary N) is 1. The third-order valence-electron chi connectivity index (χ3n) is 5.41. The number of aromatic nitrogens is 2. The van der Waals surface area contributed by atoms with Crippen molar-refractivity contribution >= 4 is 23.5 Å². The minimum Gasteiger partial charge on any atom is -0.488 e. The number of fused-ring (bicyclic) bond motifs is 1. The van der Waals surface area contributed by atoms with Gasteiger partial charge in [-0.3, -0.25) is 9.59 Å². The normalized spacial score (nSPS) is 10.4. The van der Waals surface area contributed by atoms with Crippen molar-refractivity contribution in [3.05, 3.63) is 96.1 Å². The predicted molar refractivity (Wildman–Crippen MR) is 196 cm³/mol. The van der Waals surface area contributed by atoms with Crippen molar-refractivity contribution in [3.8, 4) is 5.75 Å². The average molecular weight is 637 g/mol. The molecule has 0 aliphatic rings. The zero-order chi connectivity index (χ0) is 35.9. The predicted octanol–water partition coefficient (Wildman–Crippen LogP) is 9.82. The fourth-order valence-electron chi connectivity index (χ4n) is 3.32. The first kappa shape index (κ1) is 44.0. The van der Waals surface area contributed by atoms with Crippen LogP contribution in [0.2, 0.25) is 0 Å². The highest BCUT2D eigenvalue weighted by Crippen LogP contribution is 2.22. The van der Waals surface area contributed by atoms with Gasteiger partial charge in [-0.1, -0.05) is 66.7 Å². The molecule has 3 rings (SSSR count). The lowest BCUT2D eigenvalue weighted by atomic mass is 10.1. The molecule has 0 radical (unpaired) electrons. The van der Waals surface area contributed by atoms with E-state index in [0.717, 1.165) is 17.6 Å². The molecule has 8 heteroatoms. The third kappa shape index (κ3) is 18.6. The number of carbonyl (C=O) groups excluding carboxylic acids is 2. The van der Waals surface area contributed by atoms with Crippen LogP contribution in [-0.2, 0) is 4.74 Å². The molecule has 0 aliphatic heterocycles. The molecule has 2 heterocycles. The minimum absolute atomic E-state index is 0.195. The molecule has 2 aromatic heterocycles. The number of aldehydes is 1. The summed E-state index contributed by atoms with van der Waals surface area (Å²) in [7, 11) is 0. The Bertz CT molecular complexity index is 1350. The van der Waals surface area contributed by atoms with E-state index < -0.39 is 0 Å². The van der Waals surface area contributed by atoms with Crippen LogP contribution in [0.15, 0.2) is 84.9 Å². The van der Waals surface area contributed by atoms with Gasteiger partial charge in [0.1, 0.15) is 22.7 Å². The molecule has 0 bridgehead atoms. The number of nitrogens with one attached hydrogen (secondary N) is 1. The second-order valence-electron chi connectivity index (χ2n) is 10.9. The number of allylic oxidation sites excluding steroid dienone is 3. The zero-order valence-corrected chi connectivity index (χ0v) is 30.5. The molecule has 0 fully saturated rings. The number of nitrogens with zero attached hydrogens (tertiary/aromatic N) is 2. The molecule has 3 N–H and O–H groups in total. The molecule has 0 aliphatic carbocycles. The molecule has 256 valence electrons. The Morgan fingerprint density at radius 2 is 1.59 bits per heavy atom. The molecule has 0 saturated carbocycles. The summed E-state index contributed by atoms with van der Waals surface area (Å²) < 4.78 is 13.3. The van der Waals surface area contributed by atoms with E-state index in [1.54, 1.807) is 53.2 Å². The van der Waals surface area contributed by atoms with E-state index in [1.807, 2.05) is 75.3 Å². The Morgan fingerprint density at radius 3 is 2.04 bits per heavy atom. The number of carbonyl (C=O) groups is 2. The number of ether oxygens (including phenoxy) is 2. The monoisotopic (exact) mass is 636 g/mol. The van der Waals surface area contributed by atoms with Crippen molar-refractivity contribution in [2.45, 2.75) is 108 Å². The summed E-state index contributed by atoms with van der Waals surface area (Å²) in [6.45, 7) is 32.0. The van der Waals surface area contributed by atoms with Crippen molar-refractivity contribution in [2.75, 3.05) is 11.9 Å². The van der Waals surface area contributed by atoms with Gasteiger partial charge in [0.15, 0.2) is 6.29 Å². The summed E-state index contributed by atoms with van der Waals surface area (Å²) in [6, 6.07) is 10.5. The number of hydrogen-bond donors (Lipinski definition) is 2. The van der Waals surface area contributed by atoms with Crippen LogP contribution in [0.25, 0.3) is 5.65 Å². The van der Waals surface area contributed by atoms with Crippen molar-refractivity contribution in [2.24, 2.45) is 5.73 Å². The number of rotatable bonds is 11. The van der Waals surface area contributed by atoms with E-state index in [-0.39, 0.29) is 17.6 Å². The molecule has 0 atom stereocenters. The van der Waals surface area contributed by atoms with E-state index >= 15 is 0 Å². The first-order valence-electron chi connectivity index (χ1n) is 16.2. The standard InChI is InChI=1S/C23H27N3O4.C8H13N.C3H8.2C2H6/c1-16(2)29-12-11-23(3,4)30-20-8-5-17(6-9-20)22(28)25-18-7-10-21-24-19(15-27)14-26(21)13-18;1-6(2)5-8(9)7(3)4;1-3-2;2*1-2/h5-10,13-16H,11-12H2,1-4H3,(H,25,28);5H,1,3,9H2,2,4H3;3H2,1-2H3;2*1-2H3/b;8-5-;;;. The molecule has 3 aromatic rings. The van der Waals surface area contributed by atoms with Gasteiger partial charge in [-0.05, 0) is 89.6 Å². The maximum atomic E-state index is 12.6. The van der Waals surface area contributed by atoms with Gasteiger partial charge in [-0.15, -0.1) is 0 Å². The summed E-state index contributed by atoms with van der Waals surface area (Å²) in [5.41, 5.74) is 9.79. The van der Waals surface area contributed by atoms with Crippen molar-refractivity contribution in [1.82, 2.24) is 9.38 Å². The van der Waals surface area contributed by atoms with Gasteiger partial charge in [0.25, 0.3) is 5.91 Å². The fourth-order valence-corrected chi connectivity index (χ4v) is 3.32. The second-order valence-corrected chi connectivity index (χ2v) is 10.9. The Balaban J connectivity index is 0. The summed E-state index contributed by atoms with van der Waals surface area (Å²) in [4.78, 5) is 27.6. The van der Waals surface area contributed by atoms with Gasteiger partial charge in [0, 0.05) is 30.1 Å².